The minimum Gasteiger partial charge on any atom is -0.386 e. The summed E-state index contributed by atoms with van der Waals surface area (Å²) < 4.78 is 0. The number of hydrogen-bond donors (Lipinski definition) is 1. The van der Waals surface area contributed by atoms with Crippen molar-refractivity contribution in [3.05, 3.63) is 41.6 Å². The van der Waals surface area contributed by atoms with Crippen molar-refractivity contribution in [3.63, 3.8) is 0 Å². The van der Waals surface area contributed by atoms with Crippen molar-refractivity contribution in [3.8, 4) is 0 Å². The second-order valence-corrected chi connectivity index (χ2v) is 6.01. The summed E-state index contributed by atoms with van der Waals surface area (Å²) in [4.78, 5) is 6.67. The van der Waals surface area contributed by atoms with Gasteiger partial charge in [-0.3, -0.25) is 4.98 Å². The van der Waals surface area contributed by atoms with Crippen LogP contribution < -0.4 is 0 Å². The van der Waals surface area contributed by atoms with E-state index in [1.165, 1.54) is 0 Å². The number of aromatic nitrogens is 1. The third-order valence-electron chi connectivity index (χ3n) is 4.79. The average Bonchev–Trinajstić information content (AvgIpc) is 2.48. The summed E-state index contributed by atoms with van der Waals surface area (Å²) in [5, 5.41) is 12.0. The summed E-state index contributed by atoms with van der Waals surface area (Å²) in [5.41, 5.74) is 2.73. The van der Waals surface area contributed by atoms with Crippen molar-refractivity contribution in [2.75, 3.05) is 14.1 Å². The third-order valence-corrected chi connectivity index (χ3v) is 4.79. The lowest BCUT2D eigenvalue weighted by Crippen LogP contribution is -2.48. The molecule has 3 heteroatoms. The van der Waals surface area contributed by atoms with Crippen LogP contribution in [0.25, 0.3) is 10.9 Å². The fraction of sp³-hybridized carbons (Fsp3) is 0.500. The smallest absolute Gasteiger partial charge is 0.0973 e. The van der Waals surface area contributed by atoms with E-state index in [2.05, 4.69) is 35.9 Å². The van der Waals surface area contributed by atoms with Gasteiger partial charge in [-0.2, -0.15) is 0 Å². The quantitative estimate of drug-likeness (QED) is 0.910. The molecule has 0 saturated carbocycles. The highest BCUT2D eigenvalue weighted by Crippen LogP contribution is 2.36. The Morgan fingerprint density at radius 2 is 1.81 bits per heavy atom. The predicted octanol–water partition coefficient (Wildman–Crippen LogP) is 3.70. The molecular formula is C18H26N2O. The number of rotatable bonds is 5. The highest BCUT2D eigenvalue weighted by atomic mass is 16.3. The van der Waals surface area contributed by atoms with Gasteiger partial charge in [0, 0.05) is 16.6 Å². The first-order valence-corrected chi connectivity index (χ1v) is 7.67. The van der Waals surface area contributed by atoms with E-state index in [4.69, 9.17) is 0 Å². The van der Waals surface area contributed by atoms with Gasteiger partial charge in [0.2, 0.25) is 0 Å². The van der Waals surface area contributed by atoms with Gasteiger partial charge in [-0.25, -0.2) is 0 Å². The van der Waals surface area contributed by atoms with Crippen LogP contribution in [0.15, 0.2) is 30.3 Å². The van der Waals surface area contributed by atoms with Crippen molar-refractivity contribution in [2.45, 2.75) is 45.3 Å². The molecule has 1 aromatic heterocycles. The molecule has 0 spiro atoms. The number of aliphatic hydroxyl groups excluding tert-OH is 1. The molecule has 1 heterocycles. The monoisotopic (exact) mass is 286 g/mol. The van der Waals surface area contributed by atoms with Crippen molar-refractivity contribution < 1.29 is 5.11 Å². The lowest BCUT2D eigenvalue weighted by atomic mass is 9.81. The van der Waals surface area contributed by atoms with E-state index in [-0.39, 0.29) is 5.54 Å². The van der Waals surface area contributed by atoms with E-state index < -0.39 is 6.10 Å². The lowest BCUT2D eigenvalue weighted by Gasteiger charge is -2.42. The van der Waals surface area contributed by atoms with Crippen LogP contribution in [-0.4, -0.2) is 34.6 Å². The van der Waals surface area contributed by atoms with Crippen molar-refractivity contribution in [2.24, 2.45) is 0 Å². The van der Waals surface area contributed by atoms with Crippen LogP contribution in [0.4, 0.5) is 0 Å². The molecular weight excluding hydrogens is 260 g/mol. The highest BCUT2D eigenvalue weighted by Gasteiger charge is 2.37. The molecule has 21 heavy (non-hydrogen) atoms. The number of benzene rings is 1. The molecule has 2 aromatic rings. The molecule has 1 unspecified atom stereocenters. The number of nitrogens with zero attached hydrogens (tertiary/aromatic N) is 2. The molecule has 1 atom stereocenters. The Bertz CT molecular complexity index is 618. The van der Waals surface area contributed by atoms with Crippen LogP contribution in [0, 0.1) is 6.92 Å². The van der Waals surface area contributed by atoms with Gasteiger partial charge < -0.3 is 10.0 Å². The zero-order valence-electron chi connectivity index (χ0n) is 13.7. The lowest BCUT2D eigenvalue weighted by molar-refractivity contribution is -0.0148. The van der Waals surface area contributed by atoms with Crippen LogP contribution in [0.3, 0.4) is 0 Å². The first-order valence-electron chi connectivity index (χ1n) is 7.67. The van der Waals surface area contributed by atoms with Crippen molar-refractivity contribution >= 4 is 10.9 Å². The van der Waals surface area contributed by atoms with E-state index >= 15 is 0 Å². The maximum atomic E-state index is 11.0. The molecule has 114 valence electrons. The maximum Gasteiger partial charge on any atom is 0.0973 e. The predicted molar refractivity (Wildman–Crippen MR) is 88.4 cm³/mol. The largest absolute Gasteiger partial charge is 0.386 e. The zero-order valence-corrected chi connectivity index (χ0v) is 13.7. The first-order chi connectivity index (χ1) is 9.94. The van der Waals surface area contributed by atoms with Crippen LogP contribution >= 0.6 is 0 Å². The SMILES string of the molecule is CCC(CC)(C(O)c1ccc2nc(C)ccc2c1)N(C)C. The van der Waals surface area contributed by atoms with Gasteiger partial charge in [0.05, 0.1) is 11.6 Å². The minimum atomic E-state index is -0.506. The number of fused-ring (bicyclic) bond motifs is 1. The molecule has 0 saturated heterocycles. The number of likely N-dealkylation sites (N-methyl/N-ethyl adjacent to an activating group) is 1. The zero-order chi connectivity index (χ0) is 15.6. The van der Waals surface area contributed by atoms with Gasteiger partial charge in [0.25, 0.3) is 0 Å². The van der Waals surface area contributed by atoms with E-state index in [9.17, 15) is 5.11 Å². The Morgan fingerprint density at radius 1 is 1.14 bits per heavy atom. The van der Waals surface area contributed by atoms with E-state index in [0.717, 1.165) is 35.0 Å². The Labute approximate surface area is 127 Å². The number of aryl methyl sites for hydroxylation is 1. The molecule has 1 N–H and O–H groups in total. The number of pyridine rings is 1. The Hall–Kier alpha value is -1.45. The van der Waals surface area contributed by atoms with Crippen LogP contribution in [0.2, 0.25) is 0 Å². The Kier molecular flexibility index (Phi) is 4.64. The maximum absolute atomic E-state index is 11.0. The summed E-state index contributed by atoms with van der Waals surface area (Å²) in [7, 11) is 4.09. The fourth-order valence-corrected chi connectivity index (χ4v) is 3.24. The average molecular weight is 286 g/mol. The molecule has 0 bridgehead atoms. The van der Waals surface area contributed by atoms with Crippen LogP contribution in [0.5, 0.6) is 0 Å². The molecule has 2 rings (SSSR count). The summed E-state index contributed by atoms with van der Waals surface area (Å²) in [6.45, 7) is 6.27. The van der Waals surface area contributed by atoms with Gasteiger partial charge in [-0.15, -0.1) is 0 Å². The van der Waals surface area contributed by atoms with Gasteiger partial charge in [0.15, 0.2) is 0 Å². The van der Waals surface area contributed by atoms with Gasteiger partial charge in [-0.05, 0) is 57.6 Å². The molecule has 0 fully saturated rings. The number of hydrogen-bond acceptors (Lipinski definition) is 3. The third kappa shape index (κ3) is 2.81. The van der Waals surface area contributed by atoms with E-state index in [1.807, 2.05) is 39.2 Å². The first kappa shape index (κ1) is 15.9. The van der Waals surface area contributed by atoms with Gasteiger partial charge in [0.1, 0.15) is 0 Å². The topological polar surface area (TPSA) is 36.4 Å². The van der Waals surface area contributed by atoms with E-state index in [1.54, 1.807) is 0 Å². The van der Waals surface area contributed by atoms with Crippen molar-refractivity contribution in [1.82, 2.24) is 9.88 Å². The molecule has 3 nitrogen and oxygen atoms in total. The molecule has 0 amide bonds. The second kappa shape index (κ2) is 6.12. The van der Waals surface area contributed by atoms with Gasteiger partial charge >= 0.3 is 0 Å². The highest BCUT2D eigenvalue weighted by molar-refractivity contribution is 5.79. The molecule has 0 aliphatic carbocycles. The summed E-state index contributed by atoms with van der Waals surface area (Å²) in [6, 6.07) is 10.2. The van der Waals surface area contributed by atoms with E-state index in [0.29, 0.717) is 0 Å². The molecule has 1 aromatic carbocycles. The molecule has 0 radical (unpaired) electrons. The summed E-state index contributed by atoms with van der Waals surface area (Å²) in [6.07, 6.45) is 1.30. The van der Waals surface area contributed by atoms with Crippen LogP contribution in [0.1, 0.15) is 44.1 Å². The molecule has 0 aliphatic heterocycles. The minimum absolute atomic E-state index is 0.230. The van der Waals surface area contributed by atoms with Gasteiger partial charge in [-0.1, -0.05) is 26.0 Å². The standard InChI is InChI=1S/C18H26N2O/c1-6-18(7-2,20(4)5)17(21)15-10-11-16-14(12-15)9-8-13(3)19-16/h8-12,17,21H,6-7H2,1-5H3. The fourth-order valence-electron chi connectivity index (χ4n) is 3.24. The Balaban J connectivity index is 2.47. The summed E-state index contributed by atoms with van der Waals surface area (Å²) in [5.74, 6) is 0. The molecule has 0 aliphatic rings. The second-order valence-electron chi connectivity index (χ2n) is 6.01. The van der Waals surface area contributed by atoms with Crippen LogP contribution in [-0.2, 0) is 0 Å². The summed E-state index contributed by atoms with van der Waals surface area (Å²) >= 11 is 0. The van der Waals surface area contributed by atoms with Crippen molar-refractivity contribution in [1.29, 1.82) is 0 Å². The normalized spacial score (nSPS) is 13.9. The number of aliphatic hydroxyl groups is 1. The Morgan fingerprint density at radius 3 is 2.38 bits per heavy atom.